The van der Waals surface area contributed by atoms with Crippen LogP contribution in [0.25, 0.3) is 0 Å². The number of fused-ring (bicyclic) bond motifs is 1. The average molecular weight is 452 g/mol. The number of nitrogens with one attached hydrogen (secondary N) is 1. The van der Waals surface area contributed by atoms with E-state index < -0.39 is 0 Å². The molecule has 2 N–H and O–H groups in total. The Morgan fingerprint density at radius 2 is 1.66 bits per heavy atom. The molecule has 0 spiro atoms. The summed E-state index contributed by atoms with van der Waals surface area (Å²) in [6, 6.07) is 12.6. The fourth-order valence-electron chi connectivity index (χ4n) is 4.79. The Morgan fingerprint density at radius 3 is 2.22 bits per heavy atom. The molecule has 4 rings (SSSR count). The number of rotatable bonds is 5. The number of aromatic amines is 1. The van der Waals surface area contributed by atoms with Crippen molar-refractivity contribution < 1.29 is 9.84 Å². The van der Waals surface area contributed by atoms with Crippen molar-refractivity contribution in [2.24, 2.45) is 0 Å². The van der Waals surface area contributed by atoms with Crippen LogP contribution in [0.15, 0.2) is 41.2 Å². The van der Waals surface area contributed by atoms with Crippen molar-refractivity contribution in [3.8, 4) is 11.6 Å². The van der Waals surface area contributed by atoms with Gasteiger partial charge < -0.3 is 9.84 Å². The van der Waals surface area contributed by atoms with Crippen LogP contribution in [0, 0.1) is 6.92 Å². The summed E-state index contributed by atoms with van der Waals surface area (Å²) in [5.74, 6) is 0.771. The maximum absolute atomic E-state index is 11.4. The van der Waals surface area contributed by atoms with Gasteiger partial charge in [-0.05, 0) is 77.5 Å². The van der Waals surface area contributed by atoms with Gasteiger partial charge in [-0.3, -0.25) is 9.78 Å². The molecule has 170 valence electrons. The number of aromatic nitrogens is 1. The first-order valence-electron chi connectivity index (χ1n) is 11.3. The van der Waals surface area contributed by atoms with Crippen molar-refractivity contribution in [2.75, 3.05) is 0 Å². The highest BCUT2D eigenvalue weighted by molar-refractivity contribution is 7.09. The van der Waals surface area contributed by atoms with E-state index >= 15 is 0 Å². The summed E-state index contributed by atoms with van der Waals surface area (Å²) in [5.41, 5.74) is 6.83. The van der Waals surface area contributed by atoms with Gasteiger partial charge in [-0.2, -0.15) is 0 Å². The van der Waals surface area contributed by atoms with E-state index in [-0.39, 0.29) is 27.7 Å². The lowest BCUT2D eigenvalue weighted by molar-refractivity contribution is 0.225. The zero-order valence-electron chi connectivity index (χ0n) is 19.8. The lowest BCUT2D eigenvalue weighted by Crippen LogP contribution is -2.34. The molecule has 4 nitrogen and oxygen atoms in total. The highest BCUT2D eigenvalue weighted by Crippen LogP contribution is 2.47. The molecule has 1 atom stereocenters. The second kappa shape index (κ2) is 8.11. The second-order valence-corrected chi connectivity index (χ2v) is 11.5. The average Bonchev–Trinajstić information content (AvgIpc) is 3.03. The Hall–Kier alpha value is -2.53. The number of aryl methyl sites for hydroxylation is 1. The molecule has 1 heterocycles. The minimum Gasteiger partial charge on any atom is -0.494 e. The summed E-state index contributed by atoms with van der Waals surface area (Å²) >= 11 is 1.04. The van der Waals surface area contributed by atoms with Gasteiger partial charge >= 0.3 is 4.87 Å². The molecule has 1 aliphatic rings. The van der Waals surface area contributed by atoms with Crippen molar-refractivity contribution in [3.05, 3.63) is 78.8 Å². The van der Waals surface area contributed by atoms with Gasteiger partial charge in [0.25, 0.3) is 0 Å². The van der Waals surface area contributed by atoms with Gasteiger partial charge in [-0.15, -0.1) is 0 Å². The number of thiazole rings is 1. The molecule has 0 aliphatic heterocycles. The molecular weight excluding hydrogens is 418 g/mol. The Balaban J connectivity index is 1.55. The van der Waals surface area contributed by atoms with Crippen molar-refractivity contribution in [3.63, 3.8) is 0 Å². The number of H-pyrrole nitrogens is 1. The van der Waals surface area contributed by atoms with Crippen LogP contribution in [-0.2, 0) is 17.3 Å². The van der Waals surface area contributed by atoms with Gasteiger partial charge in [-0.1, -0.05) is 63.3 Å². The number of benzene rings is 2. The van der Waals surface area contributed by atoms with Gasteiger partial charge in [0.1, 0.15) is 11.9 Å². The first kappa shape index (κ1) is 22.7. The normalized spacial score (nSPS) is 17.6. The Kier molecular flexibility index (Phi) is 5.74. The van der Waals surface area contributed by atoms with Crippen LogP contribution < -0.4 is 9.61 Å². The molecule has 0 amide bonds. The van der Waals surface area contributed by atoms with Gasteiger partial charge in [-0.25, -0.2) is 0 Å². The third-order valence-electron chi connectivity index (χ3n) is 6.98. The molecule has 0 fully saturated rings. The van der Waals surface area contributed by atoms with Gasteiger partial charge in [0.05, 0.1) is 4.88 Å². The third kappa shape index (κ3) is 4.36. The van der Waals surface area contributed by atoms with Crippen LogP contribution >= 0.6 is 11.3 Å². The molecule has 0 saturated carbocycles. The SMILES string of the molecule is Cc1cc2c(cc1C(C)Oc1ccc(Cc3sc(=O)[nH]c3O)cc1)C(C)(C)CCC2(C)C. The van der Waals surface area contributed by atoms with E-state index in [4.69, 9.17) is 4.74 Å². The van der Waals surface area contributed by atoms with E-state index in [2.05, 4.69) is 58.7 Å². The smallest absolute Gasteiger partial charge is 0.307 e. The fraction of sp³-hybridized carbons (Fsp3) is 0.444. The zero-order valence-corrected chi connectivity index (χ0v) is 20.7. The summed E-state index contributed by atoms with van der Waals surface area (Å²) in [5, 5.41) is 9.80. The summed E-state index contributed by atoms with van der Waals surface area (Å²) in [4.78, 5) is 14.2. The first-order chi connectivity index (χ1) is 15.0. The first-order valence-corrected chi connectivity index (χ1v) is 12.1. The van der Waals surface area contributed by atoms with E-state index in [1.165, 1.54) is 35.1 Å². The van der Waals surface area contributed by atoms with Crippen LogP contribution in [0.2, 0.25) is 0 Å². The van der Waals surface area contributed by atoms with E-state index in [0.717, 1.165) is 22.6 Å². The Bertz CT molecular complexity index is 1180. The minimum atomic E-state index is -0.238. The summed E-state index contributed by atoms with van der Waals surface area (Å²) in [7, 11) is 0. The molecule has 32 heavy (non-hydrogen) atoms. The predicted molar refractivity (Wildman–Crippen MR) is 131 cm³/mol. The highest BCUT2D eigenvalue weighted by Gasteiger charge is 2.37. The Morgan fingerprint density at radius 1 is 1.06 bits per heavy atom. The molecule has 0 radical (unpaired) electrons. The largest absolute Gasteiger partial charge is 0.494 e. The van der Waals surface area contributed by atoms with E-state index in [0.29, 0.717) is 11.3 Å². The molecule has 1 unspecified atom stereocenters. The van der Waals surface area contributed by atoms with Gasteiger partial charge in [0, 0.05) is 6.42 Å². The van der Waals surface area contributed by atoms with E-state index in [1.807, 2.05) is 24.3 Å². The molecule has 1 aromatic heterocycles. The summed E-state index contributed by atoms with van der Waals surface area (Å²) in [6.45, 7) is 13.7. The molecule has 0 bridgehead atoms. The number of aromatic hydroxyl groups is 1. The maximum atomic E-state index is 11.4. The molecule has 2 aromatic carbocycles. The second-order valence-electron chi connectivity index (χ2n) is 10.4. The number of hydrogen-bond acceptors (Lipinski definition) is 4. The molecule has 1 aliphatic carbocycles. The maximum Gasteiger partial charge on any atom is 0.307 e. The Labute approximate surface area is 194 Å². The predicted octanol–water partition coefficient (Wildman–Crippen LogP) is 6.53. The fourth-order valence-corrected chi connectivity index (χ4v) is 5.55. The van der Waals surface area contributed by atoms with Crippen molar-refractivity contribution in [1.29, 1.82) is 0 Å². The lowest BCUT2D eigenvalue weighted by atomic mass is 9.62. The zero-order chi connectivity index (χ0) is 23.3. The van der Waals surface area contributed by atoms with Crippen molar-refractivity contribution >= 4 is 11.3 Å². The number of hydrogen-bond donors (Lipinski definition) is 2. The van der Waals surface area contributed by atoms with Gasteiger partial charge in [0.2, 0.25) is 5.88 Å². The van der Waals surface area contributed by atoms with Crippen LogP contribution in [0.3, 0.4) is 0 Å². The standard InChI is InChI=1S/C27H33NO3S/c1-16-13-21-22(27(5,6)12-11-26(21,3)4)15-20(16)17(2)31-19-9-7-18(8-10-19)14-23-24(29)28-25(30)32-23/h7-10,13,15,17,29H,11-12,14H2,1-6H3,(H,28,30). The van der Waals surface area contributed by atoms with Crippen molar-refractivity contribution in [2.45, 2.75) is 77.7 Å². The monoisotopic (exact) mass is 451 g/mol. The quantitative estimate of drug-likeness (QED) is 0.463. The molecule has 5 heteroatoms. The third-order valence-corrected chi connectivity index (χ3v) is 7.85. The number of ether oxygens (including phenoxy) is 1. The minimum absolute atomic E-state index is 0.0389. The topological polar surface area (TPSA) is 62.3 Å². The van der Waals surface area contributed by atoms with E-state index in [1.54, 1.807) is 0 Å². The highest BCUT2D eigenvalue weighted by atomic mass is 32.1. The molecule has 3 aromatic rings. The van der Waals surface area contributed by atoms with Crippen LogP contribution in [0.1, 0.15) is 86.3 Å². The van der Waals surface area contributed by atoms with Crippen LogP contribution in [0.5, 0.6) is 11.6 Å². The van der Waals surface area contributed by atoms with Gasteiger partial charge in [0.15, 0.2) is 0 Å². The molecular formula is C27H33NO3S. The summed E-state index contributed by atoms with van der Waals surface area (Å²) < 4.78 is 6.32. The van der Waals surface area contributed by atoms with Crippen molar-refractivity contribution in [1.82, 2.24) is 4.98 Å². The van der Waals surface area contributed by atoms with Crippen LogP contribution in [0.4, 0.5) is 0 Å². The molecule has 0 saturated heterocycles. The lowest BCUT2D eigenvalue weighted by Gasteiger charge is -2.42. The van der Waals surface area contributed by atoms with Crippen LogP contribution in [-0.4, -0.2) is 10.1 Å². The summed E-state index contributed by atoms with van der Waals surface area (Å²) in [6.07, 6.45) is 2.85. The van der Waals surface area contributed by atoms with E-state index in [9.17, 15) is 9.90 Å².